The number of phosphoric ester groups is 2. The van der Waals surface area contributed by atoms with Gasteiger partial charge in [0.15, 0.2) is 12.2 Å². The number of carbonyl (C=O) groups is 4. The fraction of sp³-hybridized carbons (Fsp3) is 0.528. The third-order valence-corrected chi connectivity index (χ3v) is 17.0. The second-order valence-corrected chi connectivity index (χ2v) is 28.0. The number of carbonyl (C=O) groups excluding carboxylic acids is 4. The third kappa shape index (κ3) is 77.3. The Labute approximate surface area is 651 Å². The number of ether oxygens (including phenoxy) is 4. The van der Waals surface area contributed by atoms with Crippen molar-refractivity contribution >= 4 is 39.5 Å². The Kier molecular flexibility index (Phi) is 73.3. The molecule has 0 saturated carbocycles. The second kappa shape index (κ2) is 78.2. The van der Waals surface area contributed by atoms with E-state index in [0.29, 0.717) is 44.9 Å². The van der Waals surface area contributed by atoms with Gasteiger partial charge in [0, 0.05) is 25.7 Å². The van der Waals surface area contributed by atoms with Crippen molar-refractivity contribution in [1.29, 1.82) is 0 Å². The molecule has 0 radical (unpaired) electrons. The molecule has 0 saturated heterocycles. The Bertz CT molecular complexity index is 2960. The molecule has 0 aromatic carbocycles. The first-order chi connectivity index (χ1) is 52.7. The van der Waals surface area contributed by atoms with Crippen molar-refractivity contribution in [2.24, 2.45) is 0 Å². The molecular formula is C89H136O17P2. The number of rotatable bonds is 71. The van der Waals surface area contributed by atoms with Crippen LogP contribution in [-0.2, 0) is 65.4 Å². The van der Waals surface area contributed by atoms with Gasteiger partial charge in [0.2, 0.25) is 0 Å². The van der Waals surface area contributed by atoms with Gasteiger partial charge in [0.1, 0.15) is 19.3 Å². The summed E-state index contributed by atoms with van der Waals surface area (Å²) in [4.78, 5) is 73.0. The number of hydrogen-bond acceptors (Lipinski definition) is 15. The van der Waals surface area contributed by atoms with Crippen LogP contribution in [0.4, 0.5) is 0 Å². The molecule has 5 atom stereocenters. The van der Waals surface area contributed by atoms with Crippen molar-refractivity contribution in [1.82, 2.24) is 0 Å². The number of aliphatic hydroxyl groups excluding tert-OH is 1. The Morgan fingerprint density at radius 1 is 0.259 bits per heavy atom. The van der Waals surface area contributed by atoms with Crippen LogP contribution in [0, 0.1) is 0 Å². The minimum absolute atomic E-state index is 0.0142. The number of allylic oxidation sites excluding steroid dienone is 38. The average Bonchev–Trinajstić information content (AvgIpc) is 0.923. The lowest BCUT2D eigenvalue weighted by Crippen LogP contribution is -2.30. The van der Waals surface area contributed by atoms with E-state index in [1.807, 2.05) is 30.4 Å². The van der Waals surface area contributed by atoms with E-state index in [9.17, 15) is 43.2 Å². The zero-order chi connectivity index (χ0) is 78.9. The SMILES string of the molecule is CC/C=C\C/C=C\C/C=C\C/C=C\C/C=C\C/C=C\CCC(=O)OCC(COP(=O)(O)OCC(O)COP(=O)(O)OCC(COC(=O)CCCCC/C=C\C/C=C\C/C=C\C/C=C\C/C=C\CC)OC(=O)CCCC/C=C\C/C=C\C/C=C\C/C=C\CC)OC(=O)CCCC/C=C\C/C=C\C/C=C\C/C=C\CC. The topological polar surface area (TPSA) is 237 Å². The summed E-state index contributed by atoms with van der Waals surface area (Å²) in [5, 5.41) is 10.6. The maximum atomic E-state index is 13.1. The molecule has 0 aromatic heterocycles. The molecule has 0 aliphatic carbocycles. The maximum absolute atomic E-state index is 13.1. The van der Waals surface area contributed by atoms with E-state index in [0.717, 1.165) is 148 Å². The predicted octanol–water partition coefficient (Wildman–Crippen LogP) is 23.4. The van der Waals surface area contributed by atoms with Crippen LogP contribution in [0.15, 0.2) is 231 Å². The quantitative estimate of drug-likeness (QED) is 0.0169. The molecule has 0 amide bonds. The summed E-state index contributed by atoms with van der Waals surface area (Å²) in [6.45, 7) is 4.14. The van der Waals surface area contributed by atoms with Crippen molar-refractivity contribution in [3.8, 4) is 0 Å². The van der Waals surface area contributed by atoms with E-state index >= 15 is 0 Å². The minimum atomic E-state index is -5.03. The van der Waals surface area contributed by atoms with Crippen LogP contribution in [0.2, 0.25) is 0 Å². The van der Waals surface area contributed by atoms with Crippen molar-refractivity contribution in [2.75, 3.05) is 39.6 Å². The molecule has 0 aliphatic heterocycles. The average molecular weight is 1540 g/mol. The van der Waals surface area contributed by atoms with Crippen LogP contribution in [0.1, 0.15) is 246 Å². The van der Waals surface area contributed by atoms with Crippen LogP contribution in [0.5, 0.6) is 0 Å². The zero-order valence-electron chi connectivity index (χ0n) is 65.9. The molecule has 3 N–H and O–H groups in total. The summed E-state index contributed by atoms with van der Waals surface area (Å²) < 4.78 is 68.4. The zero-order valence-corrected chi connectivity index (χ0v) is 67.7. The van der Waals surface area contributed by atoms with Crippen molar-refractivity contribution < 1.29 is 80.2 Å². The Morgan fingerprint density at radius 2 is 0.472 bits per heavy atom. The monoisotopic (exact) mass is 1540 g/mol. The third-order valence-electron chi connectivity index (χ3n) is 15.1. The molecular weight excluding hydrogens is 1400 g/mol. The molecule has 0 rings (SSSR count). The maximum Gasteiger partial charge on any atom is 0.472 e. The van der Waals surface area contributed by atoms with Crippen molar-refractivity contribution in [3.05, 3.63) is 231 Å². The molecule has 19 heteroatoms. The number of aliphatic hydroxyl groups is 1. The van der Waals surface area contributed by atoms with Gasteiger partial charge in [-0.15, -0.1) is 0 Å². The molecule has 0 bridgehead atoms. The first-order valence-corrected chi connectivity index (χ1v) is 42.6. The van der Waals surface area contributed by atoms with Gasteiger partial charge in [-0.25, -0.2) is 9.13 Å². The molecule has 5 unspecified atom stereocenters. The van der Waals surface area contributed by atoms with Crippen LogP contribution in [0.25, 0.3) is 0 Å². The van der Waals surface area contributed by atoms with Crippen LogP contribution < -0.4 is 0 Å². The number of phosphoric acid groups is 2. The number of hydrogen-bond donors (Lipinski definition) is 3. The predicted molar refractivity (Wildman–Crippen MR) is 444 cm³/mol. The molecule has 604 valence electrons. The van der Waals surface area contributed by atoms with Gasteiger partial charge < -0.3 is 33.8 Å². The number of esters is 4. The summed E-state index contributed by atoms with van der Waals surface area (Å²) >= 11 is 0. The normalized spacial score (nSPS) is 15.1. The summed E-state index contributed by atoms with van der Waals surface area (Å²) in [6, 6.07) is 0. The summed E-state index contributed by atoms with van der Waals surface area (Å²) in [7, 11) is -10.0. The highest BCUT2D eigenvalue weighted by Crippen LogP contribution is 2.45. The second-order valence-electron chi connectivity index (χ2n) is 25.1. The van der Waals surface area contributed by atoms with Gasteiger partial charge in [0.25, 0.3) is 0 Å². The molecule has 0 spiro atoms. The standard InChI is InChI=1S/C89H136O17P2/c1-5-9-13-17-21-25-29-33-37-39-41-43-47-49-53-57-61-65-69-73-86(91)99-79-84(105-88(93)75-71-67-63-59-55-51-45-35-31-27-23-19-15-11-7-3)81-103-107(95,96)101-77-83(90)78-102-108(97,98)104-82-85(106-89(94)76-72-68-64-60-56-52-46-36-32-28-24-20-16-12-8-4)80-100-87(92)74-70-66-62-58-54-50-48-44-42-40-38-34-30-26-22-18-14-10-6-2/h9-16,21-28,33-38,41-46,49-50,53-56,59-61,65,83-85,90H,5-8,17-20,29-32,39-40,47-48,51-52,57-58,62-64,66-82H2,1-4H3,(H,95,96)(H,97,98)/b13-9-,14-10-,15-11-,16-12-,25-21-,26-22-,27-23-,28-24-,37-33-,38-34-,43-41-,44-42-,45-35-,46-36-,53-49-,54-50-,59-55-,60-56-,65-61-. The fourth-order valence-electron chi connectivity index (χ4n) is 9.25. The lowest BCUT2D eigenvalue weighted by Gasteiger charge is -2.21. The molecule has 0 aromatic rings. The first kappa shape index (κ1) is 101. The molecule has 17 nitrogen and oxygen atoms in total. The van der Waals surface area contributed by atoms with E-state index in [-0.39, 0.29) is 25.7 Å². The van der Waals surface area contributed by atoms with Crippen LogP contribution in [0.3, 0.4) is 0 Å². The number of unbranched alkanes of at least 4 members (excludes halogenated alkanes) is 7. The van der Waals surface area contributed by atoms with Gasteiger partial charge in [-0.05, 0) is 186 Å². The summed E-state index contributed by atoms with van der Waals surface area (Å²) in [5.74, 6) is -2.44. The summed E-state index contributed by atoms with van der Waals surface area (Å²) in [5.41, 5.74) is 0. The Hall–Kier alpha value is -6.88. The Balaban J connectivity index is 5.56. The van der Waals surface area contributed by atoms with Crippen LogP contribution in [-0.4, -0.2) is 96.7 Å². The van der Waals surface area contributed by atoms with Crippen molar-refractivity contribution in [3.63, 3.8) is 0 Å². The molecule has 0 fully saturated rings. The van der Waals surface area contributed by atoms with E-state index in [2.05, 4.69) is 228 Å². The molecule has 0 heterocycles. The first-order valence-electron chi connectivity index (χ1n) is 39.6. The van der Waals surface area contributed by atoms with E-state index in [4.69, 9.17) is 37.0 Å². The van der Waals surface area contributed by atoms with E-state index in [1.54, 1.807) is 0 Å². The van der Waals surface area contributed by atoms with Crippen molar-refractivity contribution in [2.45, 2.75) is 264 Å². The smallest absolute Gasteiger partial charge is 0.462 e. The highest BCUT2D eigenvalue weighted by atomic mass is 31.2. The lowest BCUT2D eigenvalue weighted by molar-refractivity contribution is -0.161. The van der Waals surface area contributed by atoms with Gasteiger partial charge in [-0.3, -0.25) is 37.3 Å². The van der Waals surface area contributed by atoms with Gasteiger partial charge >= 0.3 is 39.5 Å². The minimum Gasteiger partial charge on any atom is -0.462 e. The molecule has 0 aliphatic rings. The summed E-state index contributed by atoms with van der Waals surface area (Å²) in [6.07, 6.45) is 101. The van der Waals surface area contributed by atoms with Crippen LogP contribution >= 0.6 is 15.6 Å². The lowest BCUT2D eigenvalue weighted by atomic mass is 10.1. The largest absolute Gasteiger partial charge is 0.472 e. The van der Waals surface area contributed by atoms with E-state index < -0.39 is 97.5 Å². The van der Waals surface area contributed by atoms with Gasteiger partial charge in [-0.1, -0.05) is 265 Å². The fourth-order valence-corrected chi connectivity index (χ4v) is 10.8. The molecule has 108 heavy (non-hydrogen) atoms. The highest BCUT2D eigenvalue weighted by Gasteiger charge is 2.30. The van der Waals surface area contributed by atoms with Gasteiger partial charge in [0.05, 0.1) is 26.4 Å². The van der Waals surface area contributed by atoms with Gasteiger partial charge in [-0.2, -0.15) is 0 Å². The Morgan fingerprint density at radius 3 is 0.750 bits per heavy atom. The van der Waals surface area contributed by atoms with E-state index in [1.165, 1.54) is 0 Å². The highest BCUT2D eigenvalue weighted by molar-refractivity contribution is 7.47.